The molecule has 2 N–H and O–H groups in total. The van der Waals surface area contributed by atoms with Gasteiger partial charge in [-0.15, -0.1) is 0 Å². The van der Waals surface area contributed by atoms with Gasteiger partial charge in [0.2, 0.25) is 5.91 Å². The Bertz CT molecular complexity index is 557. The highest BCUT2D eigenvalue weighted by molar-refractivity contribution is 5.77. The van der Waals surface area contributed by atoms with Gasteiger partial charge in [-0.1, -0.05) is 12.8 Å². The summed E-state index contributed by atoms with van der Waals surface area (Å²) in [6.45, 7) is 5.13. The minimum Gasteiger partial charge on any atom is -0.376 e. The average Bonchev–Trinajstić information content (AvgIpc) is 3.06. The van der Waals surface area contributed by atoms with Crippen LogP contribution in [-0.2, 0) is 9.53 Å². The molecule has 4 fully saturated rings. The number of fused-ring (bicyclic) bond motifs is 2. The van der Waals surface area contributed by atoms with Crippen LogP contribution in [0.5, 0.6) is 0 Å². The predicted octanol–water partition coefficient (Wildman–Crippen LogP) is 2.24. The van der Waals surface area contributed by atoms with E-state index in [1.54, 1.807) is 5.48 Å². The normalized spacial score (nSPS) is 39.3. The summed E-state index contributed by atoms with van der Waals surface area (Å²) in [6.07, 6.45) is 7.36. The number of carbonyl (C=O) groups is 2. The van der Waals surface area contributed by atoms with Crippen LogP contribution in [0.1, 0.15) is 51.9 Å². The number of ether oxygens (including phenoxy) is 1. The summed E-state index contributed by atoms with van der Waals surface area (Å²) in [5, 5.41) is 8.91. The minimum absolute atomic E-state index is 0.0116. The van der Waals surface area contributed by atoms with Gasteiger partial charge >= 0.3 is 6.03 Å². The highest BCUT2D eigenvalue weighted by Gasteiger charge is 2.43. The van der Waals surface area contributed by atoms with E-state index in [0.29, 0.717) is 31.4 Å². The standard InChI is InChI=1S/C20H33N3O4/c1-13-12-27-18-8-14(19(24)21-26)6-7-17(18)11-23(13)20(25)22-9-15-4-2-3-5-16(15)10-22/h13-18,26H,2-12H2,1H3,(H,21,24)/t13-,14?,15?,16?,17?,18?/m0/s1. The minimum atomic E-state index is -0.318. The highest BCUT2D eigenvalue weighted by Crippen LogP contribution is 2.38. The molecule has 0 aromatic heterocycles. The molecule has 7 nitrogen and oxygen atoms in total. The topological polar surface area (TPSA) is 82.1 Å². The third-order valence-electron chi connectivity index (χ3n) is 7.42. The fourth-order valence-electron chi connectivity index (χ4n) is 5.73. The molecule has 0 spiro atoms. The van der Waals surface area contributed by atoms with Gasteiger partial charge in [0.05, 0.1) is 18.8 Å². The second-order valence-corrected chi connectivity index (χ2v) is 9.11. The summed E-state index contributed by atoms with van der Waals surface area (Å²) in [5.74, 6) is 1.15. The molecule has 5 unspecified atom stereocenters. The van der Waals surface area contributed by atoms with Crippen molar-refractivity contribution < 1.29 is 19.5 Å². The van der Waals surface area contributed by atoms with Gasteiger partial charge in [-0.25, -0.2) is 10.3 Å². The molecular formula is C20H33N3O4. The number of hydrogen-bond acceptors (Lipinski definition) is 4. The SMILES string of the molecule is C[C@H]1COC2CC(C(=O)NO)CCC2CN1C(=O)N1CC2CCCCC2C1. The largest absolute Gasteiger partial charge is 0.376 e. The van der Waals surface area contributed by atoms with Crippen LogP contribution in [0.4, 0.5) is 4.79 Å². The van der Waals surface area contributed by atoms with Crippen LogP contribution in [0.2, 0.25) is 0 Å². The molecule has 2 aliphatic carbocycles. The average molecular weight is 380 g/mol. The zero-order valence-corrected chi connectivity index (χ0v) is 16.3. The number of nitrogens with zero attached hydrogens (tertiary/aromatic N) is 2. The molecule has 0 aromatic carbocycles. The molecule has 152 valence electrons. The number of hydrogen-bond donors (Lipinski definition) is 2. The van der Waals surface area contributed by atoms with Gasteiger partial charge in [0.1, 0.15) is 0 Å². The Morgan fingerprint density at radius 3 is 2.37 bits per heavy atom. The number of urea groups is 1. The Morgan fingerprint density at radius 2 is 1.70 bits per heavy atom. The van der Waals surface area contributed by atoms with Crippen molar-refractivity contribution >= 4 is 11.9 Å². The number of nitrogens with one attached hydrogen (secondary N) is 1. The van der Waals surface area contributed by atoms with Crippen molar-refractivity contribution in [1.29, 1.82) is 0 Å². The van der Waals surface area contributed by atoms with E-state index in [-0.39, 0.29) is 35.9 Å². The maximum atomic E-state index is 13.3. The molecule has 0 bridgehead atoms. The predicted molar refractivity (Wildman–Crippen MR) is 99.1 cm³/mol. The van der Waals surface area contributed by atoms with Crippen LogP contribution in [0.15, 0.2) is 0 Å². The van der Waals surface area contributed by atoms with Gasteiger partial charge in [0, 0.05) is 31.5 Å². The van der Waals surface area contributed by atoms with Crippen molar-refractivity contribution in [3.8, 4) is 0 Å². The summed E-state index contributed by atoms with van der Waals surface area (Å²) >= 11 is 0. The molecule has 2 heterocycles. The summed E-state index contributed by atoms with van der Waals surface area (Å²) in [5.41, 5.74) is 1.78. The smallest absolute Gasteiger partial charge is 0.320 e. The van der Waals surface area contributed by atoms with Crippen molar-refractivity contribution in [2.45, 2.75) is 64.0 Å². The van der Waals surface area contributed by atoms with E-state index in [1.807, 2.05) is 4.90 Å². The van der Waals surface area contributed by atoms with Crippen molar-refractivity contribution in [3.05, 3.63) is 0 Å². The van der Waals surface area contributed by atoms with E-state index in [0.717, 1.165) is 25.9 Å². The van der Waals surface area contributed by atoms with E-state index in [9.17, 15) is 9.59 Å². The van der Waals surface area contributed by atoms with E-state index in [2.05, 4.69) is 11.8 Å². The lowest BCUT2D eigenvalue weighted by Gasteiger charge is -2.36. The summed E-state index contributed by atoms with van der Waals surface area (Å²) < 4.78 is 6.11. The lowest BCUT2D eigenvalue weighted by Crippen LogP contribution is -2.49. The van der Waals surface area contributed by atoms with Gasteiger partial charge < -0.3 is 14.5 Å². The summed E-state index contributed by atoms with van der Waals surface area (Å²) in [4.78, 5) is 29.2. The van der Waals surface area contributed by atoms with Gasteiger partial charge in [-0.2, -0.15) is 0 Å². The molecule has 2 saturated heterocycles. The molecule has 3 amide bonds. The molecule has 27 heavy (non-hydrogen) atoms. The number of amides is 3. The molecule has 0 radical (unpaired) electrons. The van der Waals surface area contributed by atoms with Crippen LogP contribution in [0.3, 0.4) is 0 Å². The Morgan fingerprint density at radius 1 is 1.00 bits per heavy atom. The Balaban J connectivity index is 1.40. The van der Waals surface area contributed by atoms with E-state index in [4.69, 9.17) is 9.94 Å². The first-order valence-electron chi connectivity index (χ1n) is 10.7. The van der Waals surface area contributed by atoms with Crippen LogP contribution >= 0.6 is 0 Å². The van der Waals surface area contributed by atoms with Crippen LogP contribution in [0.25, 0.3) is 0 Å². The van der Waals surface area contributed by atoms with Crippen LogP contribution in [0, 0.1) is 23.7 Å². The number of hydroxylamine groups is 1. The highest BCUT2D eigenvalue weighted by atomic mass is 16.5. The van der Waals surface area contributed by atoms with E-state index in [1.165, 1.54) is 25.7 Å². The number of carbonyl (C=O) groups excluding carboxylic acids is 2. The molecule has 7 heteroatoms. The summed E-state index contributed by atoms with van der Waals surface area (Å²) in [6, 6.07) is 0.229. The van der Waals surface area contributed by atoms with Crippen LogP contribution < -0.4 is 5.48 Å². The fraction of sp³-hybridized carbons (Fsp3) is 0.900. The third-order valence-corrected chi connectivity index (χ3v) is 7.42. The van der Waals surface area contributed by atoms with Gasteiger partial charge in [-0.05, 0) is 50.9 Å². The lowest BCUT2D eigenvalue weighted by molar-refractivity contribution is -0.137. The van der Waals surface area contributed by atoms with Gasteiger partial charge in [0.15, 0.2) is 0 Å². The second kappa shape index (κ2) is 7.95. The van der Waals surface area contributed by atoms with Crippen LogP contribution in [-0.4, -0.2) is 65.3 Å². The maximum absolute atomic E-state index is 13.3. The van der Waals surface area contributed by atoms with Gasteiger partial charge in [0.25, 0.3) is 0 Å². The first kappa shape index (κ1) is 19.0. The Labute approximate surface area is 161 Å². The Kier molecular flexibility index (Phi) is 5.60. The molecule has 2 saturated carbocycles. The first-order chi connectivity index (χ1) is 13.1. The molecular weight excluding hydrogens is 346 g/mol. The first-order valence-corrected chi connectivity index (χ1v) is 10.7. The van der Waals surface area contributed by atoms with Crippen molar-refractivity contribution in [3.63, 3.8) is 0 Å². The molecule has 4 rings (SSSR count). The maximum Gasteiger partial charge on any atom is 0.320 e. The number of likely N-dealkylation sites (tertiary alicyclic amines) is 1. The van der Waals surface area contributed by atoms with Gasteiger partial charge in [-0.3, -0.25) is 10.0 Å². The third kappa shape index (κ3) is 3.81. The Hall–Kier alpha value is -1.34. The second-order valence-electron chi connectivity index (χ2n) is 9.11. The van der Waals surface area contributed by atoms with E-state index < -0.39 is 0 Å². The summed E-state index contributed by atoms with van der Waals surface area (Å²) in [7, 11) is 0. The fourth-order valence-corrected chi connectivity index (χ4v) is 5.73. The lowest BCUT2D eigenvalue weighted by atomic mass is 9.79. The zero-order valence-electron chi connectivity index (χ0n) is 16.3. The van der Waals surface area contributed by atoms with Crippen molar-refractivity contribution in [2.75, 3.05) is 26.2 Å². The molecule has 0 aromatic rings. The van der Waals surface area contributed by atoms with Crippen molar-refractivity contribution in [1.82, 2.24) is 15.3 Å². The zero-order chi connectivity index (χ0) is 19.0. The molecule has 2 aliphatic heterocycles. The number of rotatable bonds is 1. The monoisotopic (exact) mass is 379 g/mol. The van der Waals surface area contributed by atoms with E-state index >= 15 is 0 Å². The van der Waals surface area contributed by atoms with Crippen molar-refractivity contribution in [2.24, 2.45) is 23.7 Å². The molecule has 4 aliphatic rings. The quantitative estimate of drug-likeness (QED) is 0.541. The molecule has 6 atom stereocenters.